The second kappa shape index (κ2) is 8.93. The van der Waals surface area contributed by atoms with Gasteiger partial charge >= 0.3 is 0 Å². The number of methoxy groups -OCH3 is 1. The second-order valence-corrected chi connectivity index (χ2v) is 7.74. The summed E-state index contributed by atoms with van der Waals surface area (Å²) in [7, 11) is 1.66. The molecule has 2 aliphatic heterocycles. The van der Waals surface area contributed by atoms with Crippen molar-refractivity contribution in [3.8, 4) is 5.75 Å². The Balaban J connectivity index is 1.30. The maximum absolute atomic E-state index is 13.2. The molecule has 4 rings (SSSR count). The first-order valence-electron chi connectivity index (χ1n) is 10.3. The number of benzene rings is 2. The highest BCUT2D eigenvalue weighted by Gasteiger charge is 2.43. The van der Waals surface area contributed by atoms with Crippen LogP contribution >= 0.6 is 0 Å². The Bertz CT molecular complexity index is 893. The summed E-state index contributed by atoms with van der Waals surface area (Å²) in [4.78, 5) is 31.0. The first-order valence-corrected chi connectivity index (χ1v) is 10.3. The lowest BCUT2D eigenvalue weighted by Crippen LogP contribution is -2.52. The molecular weight excluding hydrogens is 385 g/mol. The van der Waals surface area contributed by atoms with Crippen molar-refractivity contribution in [2.75, 3.05) is 44.7 Å². The van der Waals surface area contributed by atoms with Crippen LogP contribution in [0.4, 0.5) is 10.1 Å². The molecule has 158 valence electrons. The van der Waals surface area contributed by atoms with Crippen molar-refractivity contribution in [2.45, 2.75) is 18.9 Å². The predicted octanol–water partition coefficient (Wildman–Crippen LogP) is 2.33. The molecule has 6 nitrogen and oxygen atoms in total. The Hall–Kier alpha value is -2.77. The lowest BCUT2D eigenvalue weighted by Gasteiger charge is -2.37. The maximum Gasteiger partial charge on any atom is 0.251 e. The monoisotopic (exact) mass is 411 g/mol. The molecule has 0 unspecified atom stereocenters. The fourth-order valence-electron chi connectivity index (χ4n) is 4.14. The highest BCUT2D eigenvalue weighted by atomic mass is 19.1. The first-order chi connectivity index (χ1) is 14.5. The standard InChI is InChI=1S/C23H26FN3O3/c1-30-20-8-2-17(3-9-20)10-11-25-12-14-26(15-13-25)21-16-22(28)27(23(21)29)19-6-4-18(24)5-7-19/h2-9,21H,10-16H2,1H3/t21-/m1/s1. The molecule has 0 N–H and O–H groups in total. The van der Waals surface area contributed by atoms with Gasteiger partial charge in [-0.25, -0.2) is 9.29 Å². The summed E-state index contributed by atoms with van der Waals surface area (Å²) in [5.74, 6) is 0.0369. The van der Waals surface area contributed by atoms with Crippen LogP contribution in [-0.4, -0.2) is 67.5 Å². The minimum atomic E-state index is -0.425. The summed E-state index contributed by atoms with van der Waals surface area (Å²) in [5.41, 5.74) is 1.71. The number of anilines is 1. The molecule has 0 aliphatic carbocycles. The van der Waals surface area contributed by atoms with Crippen molar-refractivity contribution in [2.24, 2.45) is 0 Å². The second-order valence-electron chi connectivity index (χ2n) is 7.74. The molecule has 0 spiro atoms. The zero-order valence-corrected chi connectivity index (χ0v) is 17.1. The highest BCUT2D eigenvalue weighted by Crippen LogP contribution is 2.26. The number of carbonyl (C=O) groups is 2. The molecule has 30 heavy (non-hydrogen) atoms. The number of piperazine rings is 1. The Morgan fingerprint density at radius 1 is 0.967 bits per heavy atom. The van der Waals surface area contributed by atoms with Gasteiger partial charge in [-0.2, -0.15) is 0 Å². The number of hydrogen-bond donors (Lipinski definition) is 0. The SMILES string of the molecule is COc1ccc(CCN2CCN([C@@H]3CC(=O)N(c4ccc(F)cc4)C3=O)CC2)cc1. The number of nitrogens with zero attached hydrogens (tertiary/aromatic N) is 3. The average molecular weight is 411 g/mol. The van der Waals surface area contributed by atoms with Crippen LogP contribution in [-0.2, 0) is 16.0 Å². The summed E-state index contributed by atoms with van der Waals surface area (Å²) in [5, 5.41) is 0. The van der Waals surface area contributed by atoms with Crippen LogP contribution in [0.3, 0.4) is 0 Å². The molecule has 2 aliphatic rings. The first kappa shape index (κ1) is 20.5. The molecular formula is C23H26FN3O3. The number of halogens is 1. The molecule has 0 aromatic heterocycles. The third-order valence-electron chi connectivity index (χ3n) is 5.93. The number of hydrogen-bond acceptors (Lipinski definition) is 5. The minimum Gasteiger partial charge on any atom is -0.497 e. The van der Waals surface area contributed by atoms with Gasteiger partial charge in [-0.3, -0.25) is 14.5 Å². The Kier molecular flexibility index (Phi) is 6.11. The van der Waals surface area contributed by atoms with E-state index in [1.807, 2.05) is 12.1 Å². The highest BCUT2D eigenvalue weighted by molar-refractivity contribution is 6.22. The van der Waals surface area contributed by atoms with Gasteiger partial charge in [-0.1, -0.05) is 12.1 Å². The van der Waals surface area contributed by atoms with Crippen molar-refractivity contribution < 1.29 is 18.7 Å². The predicted molar refractivity (Wildman–Crippen MR) is 112 cm³/mol. The molecule has 2 aromatic rings. The van der Waals surface area contributed by atoms with Gasteiger partial charge in [-0.05, 0) is 48.4 Å². The van der Waals surface area contributed by atoms with Gasteiger partial charge in [-0.15, -0.1) is 0 Å². The van der Waals surface area contributed by atoms with Gasteiger partial charge in [0.1, 0.15) is 11.6 Å². The normalized spacial score (nSPS) is 20.7. The molecule has 2 fully saturated rings. The molecule has 0 saturated carbocycles. The Morgan fingerprint density at radius 3 is 2.27 bits per heavy atom. The summed E-state index contributed by atoms with van der Waals surface area (Å²) in [6, 6.07) is 13.2. The summed E-state index contributed by atoms with van der Waals surface area (Å²) in [6.45, 7) is 4.20. The molecule has 7 heteroatoms. The van der Waals surface area contributed by atoms with E-state index < -0.39 is 6.04 Å². The number of amides is 2. The van der Waals surface area contributed by atoms with Gasteiger partial charge in [0.25, 0.3) is 5.91 Å². The van der Waals surface area contributed by atoms with Gasteiger partial charge in [0, 0.05) is 32.7 Å². The van der Waals surface area contributed by atoms with Crippen molar-refractivity contribution in [3.63, 3.8) is 0 Å². The summed E-state index contributed by atoms with van der Waals surface area (Å²) >= 11 is 0. The number of imide groups is 1. The van der Waals surface area contributed by atoms with E-state index in [2.05, 4.69) is 21.9 Å². The summed E-state index contributed by atoms with van der Waals surface area (Å²) < 4.78 is 18.4. The molecule has 0 radical (unpaired) electrons. The molecule has 2 aromatic carbocycles. The van der Waals surface area contributed by atoms with Crippen LogP contribution in [0.15, 0.2) is 48.5 Å². The van der Waals surface area contributed by atoms with E-state index in [9.17, 15) is 14.0 Å². The lowest BCUT2D eigenvalue weighted by atomic mass is 10.1. The van der Waals surface area contributed by atoms with Crippen LogP contribution in [0.2, 0.25) is 0 Å². The quantitative estimate of drug-likeness (QED) is 0.683. The van der Waals surface area contributed by atoms with Gasteiger partial charge in [0.05, 0.1) is 25.3 Å². The van der Waals surface area contributed by atoms with Crippen LogP contribution in [0.25, 0.3) is 0 Å². The average Bonchev–Trinajstić information content (AvgIpc) is 3.07. The Morgan fingerprint density at radius 2 is 1.63 bits per heavy atom. The van der Waals surface area contributed by atoms with E-state index >= 15 is 0 Å². The minimum absolute atomic E-state index is 0.183. The van der Waals surface area contributed by atoms with Crippen LogP contribution in [0.1, 0.15) is 12.0 Å². The van der Waals surface area contributed by atoms with Crippen molar-refractivity contribution in [3.05, 3.63) is 59.9 Å². The van der Waals surface area contributed by atoms with E-state index in [1.54, 1.807) is 7.11 Å². The largest absolute Gasteiger partial charge is 0.497 e. The van der Waals surface area contributed by atoms with E-state index in [-0.39, 0.29) is 24.1 Å². The van der Waals surface area contributed by atoms with Gasteiger partial charge in [0.15, 0.2) is 0 Å². The fraction of sp³-hybridized carbons (Fsp3) is 0.391. The van der Waals surface area contributed by atoms with Gasteiger partial charge < -0.3 is 9.64 Å². The number of rotatable bonds is 6. The number of ether oxygens (including phenoxy) is 1. The van der Waals surface area contributed by atoms with E-state index in [1.165, 1.54) is 34.7 Å². The smallest absolute Gasteiger partial charge is 0.251 e. The lowest BCUT2D eigenvalue weighted by molar-refractivity contribution is -0.123. The van der Waals surface area contributed by atoms with Crippen LogP contribution < -0.4 is 9.64 Å². The third kappa shape index (κ3) is 4.37. The Labute approximate surface area is 175 Å². The van der Waals surface area contributed by atoms with Crippen LogP contribution in [0.5, 0.6) is 5.75 Å². The molecule has 0 bridgehead atoms. The van der Waals surface area contributed by atoms with Crippen molar-refractivity contribution in [1.29, 1.82) is 0 Å². The van der Waals surface area contributed by atoms with Crippen molar-refractivity contribution in [1.82, 2.24) is 9.80 Å². The van der Waals surface area contributed by atoms with E-state index in [0.717, 1.165) is 44.9 Å². The van der Waals surface area contributed by atoms with E-state index in [0.29, 0.717) is 5.69 Å². The fourth-order valence-corrected chi connectivity index (χ4v) is 4.14. The topological polar surface area (TPSA) is 53.1 Å². The number of carbonyl (C=O) groups excluding carboxylic acids is 2. The van der Waals surface area contributed by atoms with Gasteiger partial charge in [0.2, 0.25) is 5.91 Å². The zero-order valence-electron chi connectivity index (χ0n) is 17.1. The third-order valence-corrected chi connectivity index (χ3v) is 5.93. The maximum atomic E-state index is 13.2. The zero-order chi connectivity index (χ0) is 21.1. The molecule has 1 atom stereocenters. The summed E-state index contributed by atoms with van der Waals surface area (Å²) in [6.07, 6.45) is 1.14. The molecule has 2 heterocycles. The van der Waals surface area contributed by atoms with Crippen molar-refractivity contribution >= 4 is 17.5 Å². The molecule has 2 amide bonds. The van der Waals surface area contributed by atoms with Crippen LogP contribution in [0, 0.1) is 5.82 Å². The van der Waals surface area contributed by atoms with E-state index in [4.69, 9.17) is 4.74 Å². The molecule has 2 saturated heterocycles.